The first-order valence-corrected chi connectivity index (χ1v) is 7.07. The van der Waals surface area contributed by atoms with E-state index in [1.807, 2.05) is 0 Å². The van der Waals surface area contributed by atoms with E-state index in [4.69, 9.17) is 0 Å². The van der Waals surface area contributed by atoms with Gasteiger partial charge in [0, 0.05) is 25.4 Å². The predicted molar refractivity (Wildman–Crippen MR) is 73.9 cm³/mol. The van der Waals surface area contributed by atoms with E-state index in [-0.39, 0.29) is 23.9 Å². The molecule has 1 N–H and O–H groups in total. The van der Waals surface area contributed by atoms with Gasteiger partial charge >= 0.3 is 6.18 Å². The maximum Gasteiger partial charge on any atom is 0.422 e. The number of pyridine rings is 1. The smallest absolute Gasteiger partial charge is 0.422 e. The lowest BCUT2D eigenvalue weighted by atomic mass is 10.2. The van der Waals surface area contributed by atoms with Gasteiger partial charge in [-0.1, -0.05) is 0 Å². The SMILES string of the molecule is O=C(NCC(=O)N1CCCC1)c1ccc(OCC(F)(F)F)nc1. The van der Waals surface area contributed by atoms with Gasteiger partial charge in [0.15, 0.2) is 6.61 Å². The summed E-state index contributed by atoms with van der Waals surface area (Å²) in [7, 11) is 0. The fraction of sp³-hybridized carbons (Fsp3) is 0.500. The van der Waals surface area contributed by atoms with Crippen LogP contribution in [0.2, 0.25) is 0 Å². The quantitative estimate of drug-likeness (QED) is 0.885. The van der Waals surface area contributed by atoms with Crippen LogP contribution in [0.1, 0.15) is 23.2 Å². The molecule has 1 aliphatic rings. The fourth-order valence-corrected chi connectivity index (χ4v) is 2.09. The third-order valence-electron chi connectivity index (χ3n) is 3.24. The Bertz CT molecular complexity index is 555. The summed E-state index contributed by atoms with van der Waals surface area (Å²) in [5.41, 5.74) is 0.138. The van der Waals surface area contributed by atoms with Crippen LogP contribution in [0.15, 0.2) is 18.3 Å². The summed E-state index contributed by atoms with van der Waals surface area (Å²) < 4.78 is 40.4. The molecule has 1 aromatic rings. The highest BCUT2D eigenvalue weighted by molar-refractivity contribution is 5.96. The molecule has 0 unspecified atom stereocenters. The first-order valence-electron chi connectivity index (χ1n) is 7.07. The van der Waals surface area contributed by atoms with Crippen molar-refractivity contribution >= 4 is 11.8 Å². The maximum atomic E-state index is 12.0. The normalized spacial score (nSPS) is 14.7. The molecular weight excluding hydrogens is 315 g/mol. The van der Waals surface area contributed by atoms with E-state index in [1.54, 1.807) is 4.90 Å². The van der Waals surface area contributed by atoms with Crippen LogP contribution in [0.25, 0.3) is 0 Å². The van der Waals surface area contributed by atoms with Gasteiger partial charge in [-0.3, -0.25) is 9.59 Å². The van der Waals surface area contributed by atoms with Crippen molar-refractivity contribution in [2.75, 3.05) is 26.2 Å². The molecule has 0 radical (unpaired) electrons. The number of alkyl halides is 3. The van der Waals surface area contributed by atoms with Gasteiger partial charge in [-0.2, -0.15) is 13.2 Å². The van der Waals surface area contributed by atoms with Crippen molar-refractivity contribution in [3.05, 3.63) is 23.9 Å². The standard InChI is InChI=1S/C14H16F3N3O3/c15-14(16,17)9-23-11-4-3-10(7-18-11)13(22)19-8-12(21)20-5-1-2-6-20/h3-4,7H,1-2,5-6,8-9H2,(H,19,22). The average molecular weight is 331 g/mol. The maximum absolute atomic E-state index is 12.0. The van der Waals surface area contributed by atoms with Gasteiger partial charge in [0.05, 0.1) is 12.1 Å². The molecule has 2 rings (SSSR count). The van der Waals surface area contributed by atoms with Crippen molar-refractivity contribution in [2.45, 2.75) is 19.0 Å². The van der Waals surface area contributed by atoms with E-state index in [1.165, 1.54) is 12.1 Å². The van der Waals surface area contributed by atoms with Crippen LogP contribution in [-0.4, -0.2) is 54.1 Å². The Morgan fingerprint density at radius 2 is 1.96 bits per heavy atom. The minimum absolute atomic E-state index is 0.120. The Kier molecular flexibility index (Phi) is 5.41. The van der Waals surface area contributed by atoms with Crippen LogP contribution in [0.5, 0.6) is 5.88 Å². The van der Waals surface area contributed by atoms with Gasteiger partial charge in [0.1, 0.15) is 0 Å². The number of nitrogens with zero attached hydrogens (tertiary/aromatic N) is 2. The lowest BCUT2D eigenvalue weighted by Crippen LogP contribution is -2.38. The lowest BCUT2D eigenvalue weighted by molar-refractivity contribution is -0.154. The first kappa shape index (κ1) is 17.0. The molecular formula is C14H16F3N3O3. The molecule has 2 heterocycles. The molecule has 0 atom stereocenters. The Morgan fingerprint density at radius 1 is 1.26 bits per heavy atom. The minimum atomic E-state index is -4.45. The highest BCUT2D eigenvalue weighted by Crippen LogP contribution is 2.17. The number of likely N-dealkylation sites (tertiary alicyclic amines) is 1. The van der Waals surface area contributed by atoms with Crippen LogP contribution in [0.3, 0.4) is 0 Å². The third kappa shape index (κ3) is 5.42. The van der Waals surface area contributed by atoms with E-state index >= 15 is 0 Å². The number of aromatic nitrogens is 1. The molecule has 0 saturated carbocycles. The van der Waals surface area contributed by atoms with E-state index < -0.39 is 18.7 Å². The van der Waals surface area contributed by atoms with Crippen molar-refractivity contribution in [2.24, 2.45) is 0 Å². The molecule has 23 heavy (non-hydrogen) atoms. The third-order valence-corrected chi connectivity index (χ3v) is 3.24. The Morgan fingerprint density at radius 3 is 2.52 bits per heavy atom. The van der Waals surface area contributed by atoms with Gasteiger partial charge in [-0.05, 0) is 18.9 Å². The molecule has 0 spiro atoms. The van der Waals surface area contributed by atoms with Crippen LogP contribution in [-0.2, 0) is 4.79 Å². The minimum Gasteiger partial charge on any atom is -0.468 e. The second-order valence-corrected chi connectivity index (χ2v) is 5.06. The van der Waals surface area contributed by atoms with E-state index in [2.05, 4.69) is 15.0 Å². The number of carbonyl (C=O) groups excluding carboxylic acids is 2. The van der Waals surface area contributed by atoms with Crippen LogP contribution in [0.4, 0.5) is 13.2 Å². The number of carbonyl (C=O) groups is 2. The van der Waals surface area contributed by atoms with Crippen LogP contribution in [0, 0.1) is 0 Å². The number of rotatable bonds is 5. The summed E-state index contributed by atoms with van der Waals surface area (Å²) in [5.74, 6) is -0.909. The van der Waals surface area contributed by atoms with Crippen LogP contribution >= 0.6 is 0 Å². The van der Waals surface area contributed by atoms with Gasteiger partial charge in [0.25, 0.3) is 5.91 Å². The Labute approximate surface area is 130 Å². The molecule has 0 bridgehead atoms. The number of ether oxygens (including phenoxy) is 1. The molecule has 6 nitrogen and oxygen atoms in total. The predicted octanol–water partition coefficient (Wildman–Crippen LogP) is 1.37. The summed E-state index contributed by atoms with van der Waals surface area (Å²) in [6, 6.07) is 2.46. The number of hydrogen-bond donors (Lipinski definition) is 1. The summed E-state index contributed by atoms with van der Waals surface area (Å²) in [6.07, 6.45) is -1.43. The van der Waals surface area contributed by atoms with Crippen molar-refractivity contribution in [3.63, 3.8) is 0 Å². The largest absolute Gasteiger partial charge is 0.468 e. The molecule has 1 fully saturated rings. The molecule has 1 aliphatic heterocycles. The average Bonchev–Trinajstić information content (AvgIpc) is 3.04. The first-order chi connectivity index (χ1) is 10.8. The number of hydrogen-bond acceptors (Lipinski definition) is 4. The summed E-state index contributed by atoms with van der Waals surface area (Å²) >= 11 is 0. The summed E-state index contributed by atoms with van der Waals surface area (Å²) in [6.45, 7) is -0.177. The Balaban J connectivity index is 1.81. The van der Waals surface area contributed by atoms with Gasteiger partial charge in [0.2, 0.25) is 11.8 Å². The molecule has 2 amide bonds. The second kappa shape index (κ2) is 7.30. The molecule has 1 saturated heterocycles. The second-order valence-electron chi connectivity index (χ2n) is 5.06. The van der Waals surface area contributed by atoms with Gasteiger partial charge < -0.3 is 15.0 Å². The Hall–Kier alpha value is -2.32. The van der Waals surface area contributed by atoms with Crippen molar-refractivity contribution < 1.29 is 27.5 Å². The lowest BCUT2D eigenvalue weighted by Gasteiger charge is -2.15. The summed E-state index contributed by atoms with van der Waals surface area (Å²) in [4.78, 5) is 28.9. The fourth-order valence-electron chi connectivity index (χ4n) is 2.09. The van der Waals surface area contributed by atoms with E-state index in [0.717, 1.165) is 19.0 Å². The van der Waals surface area contributed by atoms with Crippen molar-refractivity contribution in [3.8, 4) is 5.88 Å². The molecule has 126 valence electrons. The number of halogens is 3. The zero-order valence-corrected chi connectivity index (χ0v) is 12.2. The van der Waals surface area contributed by atoms with E-state index in [9.17, 15) is 22.8 Å². The highest BCUT2D eigenvalue weighted by atomic mass is 19.4. The van der Waals surface area contributed by atoms with Crippen molar-refractivity contribution in [1.29, 1.82) is 0 Å². The monoisotopic (exact) mass is 331 g/mol. The van der Waals surface area contributed by atoms with Crippen LogP contribution < -0.4 is 10.1 Å². The van der Waals surface area contributed by atoms with E-state index in [0.29, 0.717) is 13.1 Å². The van der Waals surface area contributed by atoms with Gasteiger partial charge in [-0.25, -0.2) is 4.98 Å². The highest BCUT2D eigenvalue weighted by Gasteiger charge is 2.28. The number of nitrogens with one attached hydrogen (secondary N) is 1. The zero-order valence-electron chi connectivity index (χ0n) is 12.2. The molecule has 1 aromatic heterocycles. The van der Waals surface area contributed by atoms with Crippen molar-refractivity contribution in [1.82, 2.24) is 15.2 Å². The molecule has 9 heteroatoms. The topological polar surface area (TPSA) is 71.5 Å². The molecule has 0 aliphatic carbocycles. The van der Waals surface area contributed by atoms with Gasteiger partial charge in [-0.15, -0.1) is 0 Å². The molecule has 0 aromatic carbocycles. The summed E-state index contributed by atoms with van der Waals surface area (Å²) in [5, 5.41) is 2.46. The number of amides is 2. The zero-order chi connectivity index (χ0) is 16.9.